The van der Waals surface area contributed by atoms with Gasteiger partial charge in [0.1, 0.15) is 11.2 Å². The van der Waals surface area contributed by atoms with Gasteiger partial charge in [0.25, 0.3) is 0 Å². The highest BCUT2D eigenvalue weighted by Gasteiger charge is 2.41. The average molecular weight is 515 g/mol. The fourth-order valence-electron chi connectivity index (χ4n) is 3.91. The van der Waals surface area contributed by atoms with Gasteiger partial charge in [0, 0.05) is 50.1 Å². The summed E-state index contributed by atoms with van der Waals surface area (Å²) in [5, 5.41) is 21.5. The Bertz CT molecular complexity index is 721. The fourth-order valence-corrected chi connectivity index (χ4v) is 3.91. The number of rotatable bonds is 2. The molecule has 12 nitrogen and oxygen atoms in total. The fraction of sp³-hybridized carbons (Fsp3) is 0.833. The number of hydrogen-bond acceptors (Lipinski definition) is 8. The number of carboxylic acid groups (broad SMARTS) is 2. The molecule has 4 aliphatic rings. The number of aliphatic carboxylic acids is 2. The number of nitrogens with one attached hydrogen (secondary N) is 2. The summed E-state index contributed by atoms with van der Waals surface area (Å²) >= 11 is 0. The molecule has 206 valence electrons. The van der Waals surface area contributed by atoms with Gasteiger partial charge in [-0.05, 0) is 67.5 Å². The number of carboxylic acids is 2. The SMILES string of the molecule is CC(C)(C)OC(=O)N1CC(C2CCN2)C1.CC(C)(C)OC(=O)N1CC(C2CCN2)C1.O=C(O)C(=O)O. The normalized spacial score (nSPS) is 23.6. The van der Waals surface area contributed by atoms with Crippen LogP contribution in [0.5, 0.6) is 0 Å². The molecule has 2 unspecified atom stereocenters. The molecule has 0 aromatic rings. The lowest BCUT2D eigenvalue weighted by atomic mass is 9.86. The van der Waals surface area contributed by atoms with E-state index in [-0.39, 0.29) is 23.4 Å². The topological polar surface area (TPSA) is 158 Å². The lowest BCUT2D eigenvalue weighted by molar-refractivity contribution is -0.159. The summed E-state index contributed by atoms with van der Waals surface area (Å²) in [7, 11) is 0. The molecule has 0 radical (unpaired) electrons. The van der Waals surface area contributed by atoms with E-state index >= 15 is 0 Å². The van der Waals surface area contributed by atoms with Crippen LogP contribution < -0.4 is 10.6 Å². The van der Waals surface area contributed by atoms with Gasteiger partial charge in [0.05, 0.1) is 0 Å². The van der Waals surface area contributed by atoms with Gasteiger partial charge in [0.2, 0.25) is 0 Å². The van der Waals surface area contributed by atoms with E-state index in [1.807, 2.05) is 41.5 Å². The molecule has 2 atom stereocenters. The van der Waals surface area contributed by atoms with E-state index in [1.54, 1.807) is 9.80 Å². The molecule has 4 saturated heterocycles. The first kappa shape index (κ1) is 29.6. The van der Waals surface area contributed by atoms with Crippen LogP contribution in [0.2, 0.25) is 0 Å². The van der Waals surface area contributed by atoms with Gasteiger partial charge in [-0.25, -0.2) is 19.2 Å². The zero-order valence-electron chi connectivity index (χ0n) is 22.2. The van der Waals surface area contributed by atoms with Crippen molar-refractivity contribution in [3.05, 3.63) is 0 Å². The summed E-state index contributed by atoms with van der Waals surface area (Å²) in [5.74, 6) is -2.36. The Balaban J connectivity index is 0.000000208. The zero-order chi connectivity index (χ0) is 27.3. The third kappa shape index (κ3) is 9.45. The van der Waals surface area contributed by atoms with Gasteiger partial charge < -0.3 is 40.1 Å². The van der Waals surface area contributed by atoms with Gasteiger partial charge in [0.15, 0.2) is 0 Å². The van der Waals surface area contributed by atoms with Crippen LogP contribution >= 0.6 is 0 Å². The third-order valence-corrected chi connectivity index (χ3v) is 6.17. The first-order valence-corrected chi connectivity index (χ1v) is 12.4. The Morgan fingerprint density at radius 3 is 1.11 bits per heavy atom. The Kier molecular flexibility index (Phi) is 9.95. The predicted octanol–water partition coefficient (Wildman–Crippen LogP) is 1.59. The third-order valence-electron chi connectivity index (χ3n) is 6.17. The second-order valence-electron chi connectivity index (χ2n) is 11.6. The summed E-state index contributed by atoms with van der Waals surface area (Å²) in [5.41, 5.74) is -0.756. The minimum atomic E-state index is -1.82. The van der Waals surface area contributed by atoms with Crippen LogP contribution in [0.15, 0.2) is 0 Å². The lowest BCUT2D eigenvalue weighted by Gasteiger charge is -2.46. The summed E-state index contributed by atoms with van der Waals surface area (Å²) in [6, 6.07) is 1.28. The molecule has 0 aliphatic carbocycles. The second-order valence-corrected chi connectivity index (χ2v) is 11.6. The molecule has 0 aromatic carbocycles. The number of likely N-dealkylation sites (tertiary alicyclic amines) is 2. The van der Waals surface area contributed by atoms with Crippen molar-refractivity contribution in [2.75, 3.05) is 39.3 Å². The highest BCUT2D eigenvalue weighted by atomic mass is 16.6. The molecule has 4 rings (SSSR count). The molecule has 4 aliphatic heterocycles. The number of nitrogens with zero attached hydrogens (tertiary/aromatic N) is 2. The minimum Gasteiger partial charge on any atom is -0.473 e. The molecule has 0 bridgehead atoms. The van der Waals surface area contributed by atoms with E-state index in [9.17, 15) is 9.59 Å². The van der Waals surface area contributed by atoms with E-state index < -0.39 is 11.9 Å². The van der Waals surface area contributed by atoms with E-state index in [0.29, 0.717) is 23.9 Å². The monoisotopic (exact) mass is 514 g/mol. The largest absolute Gasteiger partial charge is 0.473 e. The quantitative estimate of drug-likeness (QED) is 0.399. The molecule has 4 heterocycles. The number of carbonyl (C=O) groups excluding carboxylic acids is 2. The predicted molar refractivity (Wildman–Crippen MR) is 131 cm³/mol. The van der Waals surface area contributed by atoms with Crippen molar-refractivity contribution in [3.8, 4) is 0 Å². The first-order valence-electron chi connectivity index (χ1n) is 12.4. The van der Waals surface area contributed by atoms with Gasteiger partial charge in [-0.2, -0.15) is 0 Å². The van der Waals surface area contributed by atoms with Gasteiger partial charge in [-0.15, -0.1) is 0 Å². The lowest BCUT2D eigenvalue weighted by Crippen LogP contribution is -2.62. The maximum atomic E-state index is 11.6. The van der Waals surface area contributed by atoms with Crippen molar-refractivity contribution in [1.29, 1.82) is 0 Å². The molecule has 4 fully saturated rings. The van der Waals surface area contributed by atoms with Gasteiger partial charge in [-0.3, -0.25) is 0 Å². The molecule has 4 N–H and O–H groups in total. The van der Waals surface area contributed by atoms with E-state index in [0.717, 1.165) is 39.3 Å². The number of ether oxygens (including phenoxy) is 2. The van der Waals surface area contributed by atoms with E-state index in [4.69, 9.17) is 29.3 Å². The molecule has 0 spiro atoms. The van der Waals surface area contributed by atoms with Gasteiger partial charge >= 0.3 is 24.1 Å². The first-order chi connectivity index (χ1) is 16.6. The molecule has 0 aromatic heterocycles. The Morgan fingerprint density at radius 2 is 0.944 bits per heavy atom. The van der Waals surface area contributed by atoms with Crippen molar-refractivity contribution in [2.24, 2.45) is 11.8 Å². The Hall–Kier alpha value is -2.60. The second kappa shape index (κ2) is 12.1. The van der Waals surface area contributed by atoms with Crippen molar-refractivity contribution in [2.45, 2.75) is 77.7 Å². The summed E-state index contributed by atoms with van der Waals surface area (Å²) in [6.45, 7) is 17.1. The van der Waals surface area contributed by atoms with Crippen LogP contribution in [0.25, 0.3) is 0 Å². The Labute approximate surface area is 212 Å². The maximum absolute atomic E-state index is 11.6. The van der Waals surface area contributed by atoms with Gasteiger partial charge in [-0.1, -0.05) is 0 Å². The van der Waals surface area contributed by atoms with Crippen LogP contribution in [0, 0.1) is 11.8 Å². The van der Waals surface area contributed by atoms with E-state index in [1.165, 1.54) is 12.8 Å². The molecular formula is C24H42N4O8. The number of carbonyl (C=O) groups is 4. The highest BCUT2D eigenvalue weighted by molar-refractivity contribution is 6.27. The van der Waals surface area contributed by atoms with Crippen LogP contribution in [0.3, 0.4) is 0 Å². The van der Waals surface area contributed by atoms with Crippen molar-refractivity contribution < 1.29 is 38.9 Å². The van der Waals surface area contributed by atoms with Crippen molar-refractivity contribution in [1.82, 2.24) is 20.4 Å². The average Bonchev–Trinajstić information content (AvgIpc) is 2.54. The standard InChI is InChI=1S/2C11H20N2O2.C2H2O4/c2*1-11(2,3)15-10(14)13-6-8(7-13)9-4-5-12-9;3-1(4)2(5)6/h2*8-9,12H,4-7H2,1-3H3;(H,3,4)(H,5,6). The molecule has 2 amide bonds. The van der Waals surface area contributed by atoms with Crippen LogP contribution in [-0.2, 0) is 19.1 Å². The molecular weight excluding hydrogens is 472 g/mol. The summed E-state index contributed by atoms with van der Waals surface area (Å²) in [4.78, 5) is 45.0. The number of hydrogen-bond donors (Lipinski definition) is 4. The van der Waals surface area contributed by atoms with Crippen LogP contribution in [-0.4, -0.2) is 107 Å². The van der Waals surface area contributed by atoms with Crippen LogP contribution in [0.1, 0.15) is 54.4 Å². The molecule has 36 heavy (non-hydrogen) atoms. The molecule has 0 saturated carbocycles. The minimum absolute atomic E-state index is 0.168. The number of amides is 2. The van der Waals surface area contributed by atoms with Crippen molar-refractivity contribution in [3.63, 3.8) is 0 Å². The van der Waals surface area contributed by atoms with Crippen molar-refractivity contribution >= 4 is 24.1 Å². The summed E-state index contributed by atoms with van der Waals surface area (Å²) in [6.07, 6.45) is 2.18. The zero-order valence-corrected chi connectivity index (χ0v) is 22.2. The smallest absolute Gasteiger partial charge is 0.414 e. The molecule has 12 heteroatoms. The highest BCUT2D eigenvalue weighted by Crippen LogP contribution is 2.27. The maximum Gasteiger partial charge on any atom is 0.414 e. The summed E-state index contributed by atoms with van der Waals surface area (Å²) < 4.78 is 10.6. The van der Waals surface area contributed by atoms with Crippen LogP contribution in [0.4, 0.5) is 9.59 Å². The van der Waals surface area contributed by atoms with E-state index in [2.05, 4.69) is 10.6 Å². The Morgan fingerprint density at radius 1 is 0.667 bits per heavy atom.